The summed E-state index contributed by atoms with van der Waals surface area (Å²) in [6, 6.07) is 14.0. The third kappa shape index (κ3) is 5.20. The molecule has 1 N–H and O–H groups in total. The fourth-order valence-corrected chi connectivity index (χ4v) is 3.38. The minimum atomic E-state index is -0.0249. The van der Waals surface area contributed by atoms with Crippen LogP contribution in [-0.2, 0) is 6.54 Å². The quantitative estimate of drug-likeness (QED) is 0.851. The molecule has 1 aromatic heterocycles. The first-order valence-electron chi connectivity index (χ1n) is 9.72. The molecule has 1 aliphatic heterocycles. The molecule has 0 unspecified atom stereocenters. The number of aromatic nitrogens is 1. The van der Waals surface area contributed by atoms with Gasteiger partial charge in [-0.15, -0.1) is 0 Å². The standard InChI is InChI=1S/C21H29N5O/c1-3-25(4-2)20-10-8-18(9-11-20)23-21(27)26-15-13-24(14-16-26)17-19-7-5-6-12-22-19/h5-12H,3-4,13-17H2,1-2H3,(H,23,27). The molecule has 6 heteroatoms. The van der Waals surface area contributed by atoms with Crippen molar-refractivity contribution in [2.45, 2.75) is 20.4 Å². The van der Waals surface area contributed by atoms with Gasteiger partial charge in [0.2, 0.25) is 0 Å². The lowest BCUT2D eigenvalue weighted by molar-refractivity contribution is 0.142. The molecular weight excluding hydrogens is 338 g/mol. The van der Waals surface area contributed by atoms with Crippen molar-refractivity contribution >= 4 is 17.4 Å². The summed E-state index contributed by atoms with van der Waals surface area (Å²) >= 11 is 0. The number of hydrogen-bond donors (Lipinski definition) is 1. The van der Waals surface area contributed by atoms with Gasteiger partial charge in [-0.3, -0.25) is 9.88 Å². The van der Waals surface area contributed by atoms with Gasteiger partial charge in [0.05, 0.1) is 5.69 Å². The monoisotopic (exact) mass is 367 g/mol. The van der Waals surface area contributed by atoms with Crippen molar-refractivity contribution in [1.82, 2.24) is 14.8 Å². The van der Waals surface area contributed by atoms with Gasteiger partial charge in [-0.2, -0.15) is 0 Å². The van der Waals surface area contributed by atoms with E-state index in [0.717, 1.165) is 57.2 Å². The topological polar surface area (TPSA) is 51.7 Å². The first-order chi connectivity index (χ1) is 13.2. The Hall–Kier alpha value is -2.60. The number of nitrogens with one attached hydrogen (secondary N) is 1. The van der Waals surface area contributed by atoms with E-state index in [0.29, 0.717) is 0 Å². The van der Waals surface area contributed by atoms with Crippen LogP contribution in [0.3, 0.4) is 0 Å². The molecule has 2 amide bonds. The molecule has 144 valence electrons. The largest absolute Gasteiger partial charge is 0.372 e. The lowest BCUT2D eigenvalue weighted by Gasteiger charge is -2.34. The molecule has 1 saturated heterocycles. The molecular formula is C21H29N5O. The number of pyridine rings is 1. The highest BCUT2D eigenvalue weighted by Crippen LogP contribution is 2.18. The van der Waals surface area contributed by atoms with Crippen LogP contribution in [0.1, 0.15) is 19.5 Å². The SMILES string of the molecule is CCN(CC)c1ccc(NC(=O)N2CCN(Cc3ccccn3)CC2)cc1. The van der Waals surface area contributed by atoms with Crippen LogP contribution in [0.4, 0.5) is 16.2 Å². The average molecular weight is 367 g/mol. The van der Waals surface area contributed by atoms with Crippen LogP contribution >= 0.6 is 0 Å². The first kappa shape index (κ1) is 19.2. The maximum atomic E-state index is 12.5. The molecule has 2 heterocycles. The number of benzene rings is 1. The van der Waals surface area contributed by atoms with Crippen molar-refractivity contribution in [1.29, 1.82) is 0 Å². The summed E-state index contributed by atoms with van der Waals surface area (Å²) in [5, 5.41) is 3.02. The molecule has 1 aliphatic rings. The van der Waals surface area contributed by atoms with Crippen molar-refractivity contribution in [2.24, 2.45) is 0 Å². The summed E-state index contributed by atoms with van der Waals surface area (Å²) in [6.45, 7) is 10.3. The van der Waals surface area contributed by atoms with Crippen LogP contribution in [-0.4, -0.2) is 60.1 Å². The number of urea groups is 1. The van der Waals surface area contributed by atoms with E-state index in [4.69, 9.17) is 0 Å². The van der Waals surface area contributed by atoms with Crippen molar-refractivity contribution in [3.8, 4) is 0 Å². The van der Waals surface area contributed by atoms with E-state index >= 15 is 0 Å². The fraction of sp³-hybridized carbons (Fsp3) is 0.429. The van der Waals surface area contributed by atoms with Crippen LogP contribution in [0.25, 0.3) is 0 Å². The highest BCUT2D eigenvalue weighted by Gasteiger charge is 2.21. The van der Waals surface area contributed by atoms with Gasteiger partial charge < -0.3 is 15.1 Å². The summed E-state index contributed by atoms with van der Waals surface area (Å²) in [6.07, 6.45) is 1.82. The summed E-state index contributed by atoms with van der Waals surface area (Å²) in [7, 11) is 0. The van der Waals surface area contributed by atoms with E-state index in [-0.39, 0.29) is 6.03 Å². The zero-order valence-electron chi connectivity index (χ0n) is 16.3. The normalized spacial score (nSPS) is 14.8. The minimum Gasteiger partial charge on any atom is -0.372 e. The predicted octanol–water partition coefficient (Wildman–Crippen LogP) is 3.28. The van der Waals surface area contributed by atoms with Crippen molar-refractivity contribution < 1.29 is 4.79 Å². The van der Waals surface area contributed by atoms with Crippen molar-refractivity contribution in [3.05, 3.63) is 54.4 Å². The molecule has 2 aromatic rings. The molecule has 0 radical (unpaired) electrons. The molecule has 27 heavy (non-hydrogen) atoms. The van der Waals surface area contributed by atoms with Crippen LogP contribution in [0, 0.1) is 0 Å². The van der Waals surface area contributed by atoms with Gasteiger partial charge in [-0.1, -0.05) is 6.07 Å². The highest BCUT2D eigenvalue weighted by molar-refractivity contribution is 5.89. The number of carbonyl (C=O) groups excluding carboxylic acids is 1. The fourth-order valence-electron chi connectivity index (χ4n) is 3.38. The summed E-state index contributed by atoms with van der Waals surface area (Å²) < 4.78 is 0. The van der Waals surface area contributed by atoms with Gasteiger partial charge in [0, 0.05) is 63.4 Å². The van der Waals surface area contributed by atoms with Crippen LogP contribution in [0.2, 0.25) is 0 Å². The third-order valence-electron chi connectivity index (χ3n) is 5.02. The Labute approximate surface area is 161 Å². The summed E-state index contributed by atoms with van der Waals surface area (Å²) in [5.74, 6) is 0. The minimum absolute atomic E-state index is 0.0249. The zero-order valence-corrected chi connectivity index (χ0v) is 16.3. The Morgan fingerprint density at radius 1 is 1.04 bits per heavy atom. The molecule has 1 aromatic carbocycles. The number of anilines is 2. The second kappa shape index (κ2) is 9.37. The number of nitrogens with zero attached hydrogens (tertiary/aromatic N) is 4. The van der Waals surface area contributed by atoms with E-state index in [1.807, 2.05) is 41.4 Å². The van der Waals surface area contributed by atoms with E-state index in [9.17, 15) is 4.79 Å². The van der Waals surface area contributed by atoms with Gasteiger partial charge in [0.15, 0.2) is 0 Å². The van der Waals surface area contributed by atoms with Gasteiger partial charge >= 0.3 is 6.03 Å². The van der Waals surface area contributed by atoms with Crippen molar-refractivity contribution in [2.75, 3.05) is 49.5 Å². The molecule has 0 atom stereocenters. The Bertz CT molecular complexity index is 707. The van der Waals surface area contributed by atoms with Gasteiger partial charge in [0.25, 0.3) is 0 Å². The van der Waals surface area contributed by atoms with Crippen molar-refractivity contribution in [3.63, 3.8) is 0 Å². The maximum absolute atomic E-state index is 12.5. The number of amides is 2. The van der Waals surface area contributed by atoms with Gasteiger partial charge in [-0.05, 0) is 50.2 Å². The average Bonchev–Trinajstić information content (AvgIpc) is 2.71. The summed E-state index contributed by atoms with van der Waals surface area (Å²) in [5.41, 5.74) is 3.09. The molecule has 6 nitrogen and oxygen atoms in total. The van der Waals surface area contributed by atoms with E-state index < -0.39 is 0 Å². The Morgan fingerprint density at radius 2 is 1.74 bits per heavy atom. The highest BCUT2D eigenvalue weighted by atomic mass is 16.2. The first-order valence-corrected chi connectivity index (χ1v) is 9.72. The Balaban J connectivity index is 1.48. The number of piperazine rings is 1. The zero-order chi connectivity index (χ0) is 19.1. The lowest BCUT2D eigenvalue weighted by Crippen LogP contribution is -2.49. The molecule has 0 bridgehead atoms. The molecule has 1 fully saturated rings. The number of carbonyl (C=O) groups is 1. The van der Waals surface area contributed by atoms with Crippen LogP contribution in [0.5, 0.6) is 0 Å². The maximum Gasteiger partial charge on any atom is 0.321 e. The smallest absolute Gasteiger partial charge is 0.321 e. The predicted molar refractivity (Wildman–Crippen MR) is 110 cm³/mol. The Kier molecular flexibility index (Phi) is 6.65. The number of hydrogen-bond acceptors (Lipinski definition) is 4. The van der Waals surface area contributed by atoms with Gasteiger partial charge in [-0.25, -0.2) is 4.79 Å². The van der Waals surface area contributed by atoms with Crippen LogP contribution in [0.15, 0.2) is 48.7 Å². The third-order valence-corrected chi connectivity index (χ3v) is 5.02. The van der Waals surface area contributed by atoms with E-state index in [2.05, 4.69) is 46.1 Å². The van der Waals surface area contributed by atoms with Gasteiger partial charge in [0.1, 0.15) is 0 Å². The lowest BCUT2D eigenvalue weighted by atomic mass is 10.2. The molecule has 0 aliphatic carbocycles. The second-order valence-electron chi connectivity index (χ2n) is 6.73. The van der Waals surface area contributed by atoms with E-state index in [1.54, 1.807) is 0 Å². The summed E-state index contributed by atoms with van der Waals surface area (Å²) in [4.78, 5) is 23.4. The molecule has 0 spiro atoms. The molecule has 3 rings (SSSR count). The van der Waals surface area contributed by atoms with E-state index in [1.165, 1.54) is 5.69 Å². The number of rotatable bonds is 6. The Morgan fingerprint density at radius 3 is 2.33 bits per heavy atom. The second-order valence-corrected chi connectivity index (χ2v) is 6.73. The van der Waals surface area contributed by atoms with Crippen LogP contribution < -0.4 is 10.2 Å². The molecule has 0 saturated carbocycles.